The van der Waals surface area contributed by atoms with E-state index in [9.17, 15) is 14.9 Å². The Bertz CT molecular complexity index is 1490. The van der Waals surface area contributed by atoms with E-state index in [2.05, 4.69) is 26.0 Å². The van der Waals surface area contributed by atoms with Crippen molar-refractivity contribution in [1.82, 2.24) is 9.66 Å². The van der Waals surface area contributed by atoms with Crippen LogP contribution in [0.4, 0.5) is 5.69 Å². The summed E-state index contributed by atoms with van der Waals surface area (Å²) in [5.74, 6) is 0.580. The summed E-state index contributed by atoms with van der Waals surface area (Å²) in [5, 5.41) is 16.9. The zero-order valence-electron chi connectivity index (χ0n) is 17.9. The van der Waals surface area contributed by atoms with Crippen LogP contribution in [0.25, 0.3) is 10.9 Å². The lowest BCUT2D eigenvalue weighted by molar-refractivity contribution is -0.385. The number of nitro benzene ring substituents is 1. The standard InChI is InChI=1S/C24H18BrClN4O4/c1-2-23-28-20-9-8-17(25)12-18(20)24(31)29(23)27-13-15-7-10-22(21(11-15)30(32)33)34-14-16-5-3-4-6-19(16)26/h3-13H,2,14H2,1H3. The molecule has 172 valence electrons. The maximum absolute atomic E-state index is 13.0. The van der Waals surface area contributed by atoms with Crippen LogP contribution in [-0.4, -0.2) is 20.8 Å². The van der Waals surface area contributed by atoms with Crippen molar-refractivity contribution in [1.29, 1.82) is 0 Å². The lowest BCUT2D eigenvalue weighted by atomic mass is 10.2. The summed E-state index contributed by atoms with van der Waals surface area (Å²) >= 11 is 9.50. The molecule has 10 heteroatoms. The van der Waals surface area contributed by atoms with Gasteiger partial charge < -0.3 is 4.74 Å². The molecule has 0 saturated heterocycles. The summed E-state index contributed by atoms with van der Waals surface area (Å²) < 4.78 is 7.62. The van der Waals surface area contributed by atoms with E-state index in [4.69, 9.17) is 16.3 Å². The smallest absolute Gasteiger partial charge is 0.311 e. The fourth-order valence-electron chi connectivity index (χ4n) is 3.32. The SMILES string of the molecule is CCc1nc2ccc(Br)cc2c(=O)n1N=Cc1ccc(OCc2ccccc2Cl)c([N+](=O)[O-])c1. The molecule has 0 aliphatic heterocycles. The fourth-order valence-corrected chi connectivity index (χ4v) is 3.87. The number of benzene rings is 3. The van der Waals surface area contributed by atoms with Gasteiger partial charge in [-0.15, -0.1) is 0 Å². The second-order valence-corrected chi connectivity index (χ2v) is 8.59. The highest BCUT2D eigenvalue weighted by atomic mass is 79.9. The Labute approximate surface area is 207 Å². The average Bonchev–Trinajstić information content (AvgIpc) is 2.83. The van der Waals surface area contributed by atoms with E-state index in [1.54, 1.807) is 36.4 Å². The summed E-state index contributed by atoms with van der Waals surface area (Å²) in [6, 6.07) is 16.8. The van der Waals surface area contributed by atoms with E-state index in [-0.39, 0.29) is 23.6 Å². The Morgan fingerprint density at radius 1 is 1.21 bits per heavy atom. The topological polar surface area (TPSA) is 99.6 Å². The summed E-state index contributed by atoms with van der Waals surface area (Å²) in [6.07, 6.45) is 1.87. The van der Waals surface area contributed by atoms with Gasteiger partial charge in [0.25, 0.3) is 5.56 Å². The van der Waals surface area contributed by atoms with E-state index < -0.39 is 4.92 Å². The summed E-state index contributed by atoms with van der Waals surface area (Å²) in [7, 11) is 0. The van der Waals surface area contributed by atoms with Gasteiger partial charge in [-0.05, 0) is 36.4 Å². The van der Waals surface area contributed by atoms with Crippen LogP contribution in [0, 0.1) is 10.1 Å². The highest BCUT2D eigenvalue weighted by molar-refractivity contribution is 9.10. The molecular formula is C24H18BrClN4O4. The van der Waals surface area contributed by atoms with Gasteiger partial charge in [0, 0.05) is 33.1 Å². The molecule has 34 heavy (non-hydrogen) atoms. The molecular weight excluding hydrogens is 524 g/mol. The first-order valence-electron chi connectivity index (χ1n) is 10.3. The van der Waals surface area contributed by atoms with Crippen molar-refractivity contribution in [3.05, 3.63) is 108 Å². The molecule has 0 unspecified atom stereocenters. The number of ether oxygens (including phenoxy) is 1. The largest absolute Gasteiger partial charge is 0.482 e. The molecule has 3 aromatic carbocycles. The summed E-state index contributed by atoms with van der Waals surface area (Å²) in [5.41, 5.74) is 1.17. The van der Waals surface area contributed by atoms with E-state index >= 15 is 0 Å². The molecule has 0 aliphatic rings. The van der Waals surface area contributed by atoms with Gasteiger partial charge in [-0.1, -0.05) is 52.7 Å². The van der Waals surface area contributed by atoms with Crippen LogP contribution in [0.2, 0.25) is 5.02 Å². The van der Waals surface area contributed by atoms with E-state index in [1.807, 2.05) is 19.1 Å². The van der Waals surface area contributed by atoms with E-state index in [1.165, 1.54) is 23.0 Å². The number of nitro groups is 1. The third-order valence-electron chi connectivity index (χ3n) is 5.03. The average molecular weight is 542 g/mol. The molecule has 0 radical (unpaired) electrons. The third kappa shape index (κ3) is 5.00. The van der Waals surface area contributed by atoms with Gasteiger partial charge in [0.2, 0.25) is 0 Å². The quantitative estimate of drug-likeness (QED) is 0.169. The monoisotopic (exact) mass is 540 g/mol. The van der Waals surface area contributed by atoms with E-state index in [0.717, 1.165) is 4.47 Å². The predicted molar refractivity (Wildman–Crippen MR) is 135 cm³/mol. The first kappa shape index (κ1) is 23.6. The van der Waals surface area contributed by atoms with Crippen molar-refractivity contribution in [3.8, 4) is 5.75 Å². The third-order valence-corrected chi connectivity index (χ3v) is 5.90. The number of nitrogens with zero attached hydrogens (tertiary/aromatic N) is 4. The first-order valence-corrected chi connectivity index (χ1v) is 11.4. The van der Waals surface area contributed by atoms with Crippen LogP contribution < -0.4 is 10.3 Å². The first-order chi connectivity index (χ1) is 16.4. The van der Waals surface area contributed by atoms with E-state index in [0.29, 0.717) is 39.3 Å². The molecule has 0 N–H and O–H groups in total. The van der Waals surface area contributed by atoms with Crippen LogP contribution in [-0.2, 0) is 13.0 Å². The van der Waals surface area contributed by atoms with Gasteiger partial charge in [-0.25, -0.2) is 4.98 Å². The van der Waals surface area contributed by atoms with Crippen LogP contribution in [0.1, 0.15) is 23.9 Å². The second kappa shape index (κ2) is 10.1. The summed E-state index contributed by atoms with van der Waals surface area (Å²) in [6.45, 7) is 1.95. The van der Waals surface area contributed by atoms with Gasteiger partial charge >= 0.3 is 5.69 Å². The van der Waals surface area contributed by atoms with Crippen molar-refractivity contribution in [2.75, 3.05) is 0 Å². The lowest BCUT2D eigenvalue weighted by Gasteiger charge is -2.09. The van der Waals surface area contributed by atoms with Crippen LogP contribution in [0.15, 0.2) is 75.0 Å². The minimum Gasteiger partial charge on any atom is -0.482 e. The number of halogens is 2. The normalized spacial score (nSPS) is 11.3. The lowest BCUT2D eigenvalue weighted by Crippen LogP contribution is -2.22. The van der Waals surface area contributed by atoms with Gasteiger partial charge in [0.1, 0.15) is 12.4 Å². The molecule has 4 aromatic rings. The van der Waals surface area contributed by atoms with Gasteiger partial charge in [0.05, 0.1) is 22.0 Å². The Hall–Kier alpha value is -3.56. The van der Waals surface area contributed by atoms with Gasteiger partial charge in [0.15, 0.2) is 5.75 Å². The fraction of sp³-hybridized carbons (Fsp3) is 0.125. The van der Waals surface area contributed by atoms with Crippen molar-refractivity contribution in [2.45, 2.75) is 20.0 Å². The maximum atomic E-state index is 13.0. The highest BCUT2D eigenvalue weighted by Gasteiger charge is 2.17. The molecule has 0 amide bonds. The summed E-state index contributed by atoms with van der Waals surface area (Å²) in [4.78, 5) is 28.6. The Kier molecular flexibility index (Phi) is 7.04. The van der Waals surface area contributed by atoms with Crippen molar-refractivity contribution in [3.63, 3.8) is 0 Å². The molecule has 1 aromatic heterocycles. The Morgan fingerprint density at radius 3 is 2.74 bits per heavy atom. The van der Waals surface area contributed by atoms with Crippen molar-refractivity contribution in [2.24, 2.45) is 5.10 Å². The number of hydrogen-bond donors (Lipinski definition) is 0. The van der Waals surface area contributed by atoms with Crippen LogP contribution in [0.5, 0.6) is 5.75 Å². The van der Waals surface area contributed by atoms with Crippen molar-refractivity contribution >= 4 is 50.3 Å². The minimum absolute atomic E-state index is 0.0848. The van der Waals surface area contributed by atoms with Crippen LogP contribution >= 0.6 is 27.5 Å². The van der Waals surface area contributed by atoms with Crippen LogP contribution in [0.3, 0.4) is 0 Å². The van der Waals surface area contributed by atoms with Gasteiger partial charge in [-0.3, -0.25) is 14.9 Å². The number of hydrogen-bond acceptors (Lipinski definition) is 6. The molecule has 1 heterocycles. The highest BCUT2D eigenvalue weighted by Crippen LogP contribution is 2.29. The number of rotatable bonds is 7. The number of aryl methyl sites for hydroxylation is 1. The molecule has 0 spiro atoms. The molecule has 0 saturated carbocycles. The molecule has 4 rings (SSSR count). The Balaban J connectivity index is 1.66. The van der Waals surface area contributed by atoms with Crippen molar-refractivity contribution < 1.29 is 9.66 Å². The second-order valence-electron chi connectivity index (χ2n) is 7.27. The molecule has 0 atom stereocenters. The number of aromatic nitrogens is 2. The number of fused-ring (bicyclic) bond motifs is 1. The Morgan fingerprint density at radius 2 is 2.00 bits per heavy atom. The molecule has 8 nitrogen and oxygen atoms in total. The minimum atomic E-state index is -0.530. The van der Waals surface area contributed by atoms with Gasteiger partial charge in [-0.2, -0.15) is 9.78 Å². The molecule has 0 fully saturated rings. The maximum Gasteiger partial charge on any atom is 0.311 e. The zero-order valence-corrected chi connectivity index (χ0v) is 20.3. The molecule has 0 bridgehead atoms. The molecule has 0 aliphatic carbocycles. The predicted octanol–water partition coefficient (Wildman–Crippen LogP) is 5.74. The zero-order chi connectivity index (χ0) is 24.2.